The summed E-state index contributed by atoms with van der Waals surface area (Å²) in [5.41, 5.74) is 3.74. The monoisotopic (exact) mass is 406 g/mol. The predicted molar refractivity (Wildman–Crippen MR) is 113 cm³/mol. The number of amides is 2. The van der Waals surface area contributed by atoms with Crippen LogP contribution in [0.1, 0.15) is 18.5 Å². The highest BCUT2D eigenvalue weighted by atomic mass is 19.1. The van der Waals surface area contributed by atoms with Crippen molar-refractivity contribution in [1.82, 2.24) is 14.5 Å². The van der Waals surface area contributed by atoms with Crippen LogP contribution in [0, 0.1) is 11.6 Å². The minimum Gasteiger partial charge on any atom is -0.321 e. The Morgan fingerprint density at radius 2 is 1.80 bits per heavy atom. The van der Waals surface area contributed by atoms with Gasteiger partial charge in [-0.3, -0.25) is 4.57 Å². The molecule has 0 saturated carbocycles. The molecule has 0 radical (unpaired) electrons. The van der Waals surface area contributed by atoms with Crippen molar-refractivity contribution in [3.63, 3.8) is 0 Å². The summed E-state index contributed by atoms with van der Waals surface area (Å²) >= 11 is 0. The van der Waals surface area contributed by atoms with Crippen LogP contribution in [0.25, 0.3) is 16.7 Å². The Morgan fingerprint density at radius 1 is 1.07 bits per heavy atom. The summed E-state index contributed by atoms with van der Waals surface area (Å²) in [6, 6.07) is 18.0. The van der Waals surface area contributed by atoms with Crippen molar-refractivity contribution in [2.24, 2.45) is 0 Å². The number of carbonyl (C=O) groups is 1. The fourth-order valence-corrected chi connectivity index (χ4v) is 3.27. The molecule has 4 rings (SSSR count). The Labute approximate surface area is 172 Å². The van der Waals surface area contributed by atoms with Crippen molar-refractivity contribution in [3.05, 3.63) is 90.3 Å². The topological polar surface area (TPSA) is 50.2 Å². The van der Waals surface area contributed by atoms with Crippen LogP contribution in [0.3, 0.4) is 0 Å². The molecule has 4 aromatic rings. The molecular formula is C23H20F2N4O. The van der Waals surface area contributed by atoms with E-state index in [2.05, 4.69) is 10.3 Å². The van der Waals surface area contributed by atoms with E-state index in [9.17, 15) is 13.6 Å². The number of imidazole rings is 1. The van der Waals surface area contributed by atoms with Gasteiger partial charge in [-0.05, 0) is 48.9 Å². The molecule has 0 aliphatic carbocycles. The van der Waals surface area contributed by atoms with Crippen LogP contribution in [0.5, 0.6) is 0 Å². The molecule has 1 N–H and O–H groups in total. The van der Waals surface area contributed by atoms with Crippen molar-refractivity contribution in [2.75, 3.05) is 12.4 Å². The van der Waals surface area contributed by atoms with Gasteiger partial charge >= 0.3 is 6.03 Å². The molecule has 152 valence electrons. The summed E-state index contributed by atoms with van der Waals surface area (Å²) in [5.74, 6) is -1.51. The fourth-order valence-electron chi connectivity index (χ4n) is 3.27. The van der Waals surface area contributed by atoms with E-state index in [-0.39, 0.29) is 11.7 Å². The van der Waals surface area contributed by atoms with E-state index in [1.807, 2.05) is 60.0 Å². The third-order valence-electron chi connectivity index (χ3n) is 5.18. The Bertz CT molecular complexity index is 1200. The molecule has 7 heteroatoms. The molecule has 0 aliphatic rings. The van der Waals surface area contributed by atoms with E-state index in [1.165, 1.54) is 11.0 Å². The molecule has 1 atom stereocenters. The number of anilines is 1. The second-order valence-electron chi connectivity index (χ2n) is 7.04. The van der Waals surface area contributed by atoms with Crippen LogP contribution in [0.2, 0.25) is 0 Å². The summed E-state index contributed by atoms with van der Waals surface area (Å²) < 4.78 is 28.9. The fraction of sp³-hybridized carbons (Fsp3) is 0.130. The average molecular weight is 406 g/mol. The second kappa shape index (κ2) is 7.94. The number of urea groups is 1. The lowest BCUT2D eigenvalue weighted by Gasteiger charge is -2.26. The SMILES string of the molecule is CC(c1ccc(-n2cnc3ccccc32)cc1)N(C)C(=O)Nc1ccc(F)cc1F. The first kappa shape index (κ1) is 19.6. The molecular weight excluding hydrogens is 386 g/mol. The lowest BCUT2D eigenvalue weighted by Crippen LogP contribution is -2.33. The quantitative estimate of drug-likeness (QED) is 0.485. The first-order chi connectivity index (χ1) is 14.4. The molecule has 1 aromatic heterocycles. The number of nitrogens with one attached hydrogen (secondary N) is 1. The van der Waals surface area contributed by atoms with E-state index in [0.717, 1.165) is 34.4 Å². The molecule has 30 heavy (non-hydrogen) atoms. The highest BCUT2D eigenvalue weighted by Crippen LogP contribution is 2.24. The highest BCUT2D eigenvalue weighted by Gasteiger charge is 2.19. The largest absolute Gasteiger partial charge is 0.322 e. The zero-order chi connectivity index (χ0) is 21.3. The van der Waals surface area contributed by atoms with E-state index in [0.29, 0.717) is 0 Å². The van der Waals surface area contributed by atoms with E-state index in [4.69, 9.17) is 0 Å². The summed E-state index contributed by atoms with van der Waals surface area (Å²) in [7, 11) is 1.62. The van der Waals surface area contributed by atoms with Crippen LogP contribution in [-0.4, -0.2) is 27.5 Å². The average Bonchev–Trinajstić information content (AvgIpc) is 3.19. The van der Waals surface area contributed by atoms with Gasteiger partial charge in [-0.15, -0.1) is 0 Å². The van der Waals surface area contributed by atoms with Gasteiger partial charge in [-0.2, -0.15) is 0 Å². The van der Waals surface area contributed by atoms with Gasteiger partial charge in [0.1, 0.15) is 18.0 Å². The molecule has 5 nitrogen and oxygen atoms in total. The van der Waals surface area contributed by atoms with Gasteiger partial charge in [0.25, 0.3) is 0 Å². The number of hydrogen-bond donors (Lipinski definition) is 1. The van der Waals surface area contributed by atoms with Crippen molar-refractivity contribution < 1.29 is 13.6 Å². The van der Waals surface area contributed by atoms with E-state index >= 15 is 0 Å². The van der Waals surface area contributed by atoms with Crippen molar-refractivity contribution in [2.45, 2.75) is 13.0 Å². The van der Waals surface area contributed by atoms with Gasteiger partial charge in [0, 0.05) is 18.8 Å². The number of carbonyl (C=O) groups excluding carboxylic acids is 1. The molecule has 0 saturated heterocycles. The molecule has 1 heterocycles. The molecule has 0 fully saturated rings. The molecule has 0 bridgehead atoms. The maximum atomic E-state index is 13.8. The van der Waals surface area contributed by atoms with Gasteiger partial charge in [0.05, 0.1) is 22.8 Å². The zero-order valence-corrected chi connectivity index (χ0v) is 16.5. The molecule has 1 unspecified atom stereocenters. The maximum absolute atomic E-state index is 13.8. The second-order valence-corrected chi connectivity index (χ2v) is 7.04. The minimum atomic E-state index is -0.818. The van der Waals surface area contributed by atoms with Crippen LogP contribution in [0.4, 0.5) is 19.3 Å². The lowest BCUT2D eigenvalue weighted by atomic mass is 10.1. The standard InChI is InChI=1S/C23H20F2N4O/c1-15(28(2)23(30)27-20-12-9-17(24)13-19(20)25)16-7-10-18(11-8-16)29-14-26-21-5-3-4-6-22(21)29/h3-15H,1-2H3,(H,27,30). The third-order valence-corrected chi connectivity index (χ3v) is 5.18. The van der Waals surface area contributed by atoms with Gasteiger partial charge in [0.15, 0.2) is 0 Å². The number of benzene rings is 3. The summed E-state index contributed by atoms with van der Waals surface area (Å²) in [4.78, 5) is 18.4. The first-order valence-electron chi connectivity index (χ1n) is 9.45. The molecule has 2 amide bonds. The van der Waals surface area contributed by atoms with Crippen LogP contribution in [-0.2, 0) is 0 Å². The molecule has 0 aliphatic heterocycles. The predicted octanol–water partition coefficient (Wildman–Crippen LogP) is 5.53. The summed E-state index contributed by atoms with van der Waals surface area (Å²) in [6.45, 7) is 1.88. The minimum absolute atomic E-state index is 0.0669. The van der Waals surface area contributed by atoms with Gasteiger partial charge in [-0.1, -0.05) is 24.3 Å². The zero-order valence-electron chi connectivity index (χ0n) is 16.5. The number of hydrogen-bond acceptors (Lipinski definition) is 2. The van der Waals surface area contributed by atoms with Crippen molar-refractivity contribution in [1.29, 1.82) is 0 Å². The smallest absolute Gasteiger partial charge is 0.321 e. The van der Waals surface area contributed by atoms with Crippen molar-refractivity contribution in [3.8, 4) is 5.69 Å². The summed E-state index contributed by atoms with van der Waals surface area (Å²) in [5, 5.41) is 2.47. The lowest BCUT2D eigenvalue weighted by molar-refractivity contribution is 0.208. The Balaban J connectivity index is 1.50. The maximum Gasteiger partial charge on any atom is 0.322 e. The van der Waals surface area contributed by atoms with Crippen LogP contribution < -0.4 is 5.32 Å². The third kappa shape index (κ3) is 3.74. The molecule has 3 aromatic carbocycles. The van der Waals surface area contributed by atoms with Gasteiger partial charge in [0.2, 0.25) is 0 Å². The number of nitrogens with zero attached hydrogens (tertiary/aromatic N) is 3. The van der Waals surface area contributed by atoms with Crippen LogP contribution >= 0.6 is 0 Å². The number of aromatic nitrogens is 2. The summed E-state index contributed by atoms with van der Waals surface area (Å²) in [6.07, 6.45) is 1.78. The number of fused-ring (bicyclic) bond motifs is 1. The molecule has 0 spiro atoms. The Morgan fingerprint density at radius 3 is 2.53 bits per heavy atom. The normalized spacial score (nSPS) is 12.0. The first-order valence-corrected chi connectivity index (χ1v) is 9.45. The number of halogens is 2. The highest BCUT2D eigenvalue weighted by molar-refractivity contribution is 5.89. The Kier molecular flexibility index (Phi) is 5.18. The van der Waals surface area contributed by atoms with Crippen LogP contribution in [0.15, 0.2) is 73.1 Å². The van der Waals surface area contributed by atoms with E-state index in [1.54, 1.807) is 13.4 Å². The Hall–Kier alpha value is -3.74. The number of para-hydroxylation sites is 2. The van der Waals surface area contributed by atoms with Gasteiger partial charge < -0.3 is 10.2 Å². The van der Waals surface area contributed by atoms with Gasteiger partial charge in [-0.25, -0.2) is 18.6 Å². The van der Waals surface area contributed by atoms with Crippen molar-refractivity contribution >= 4 is 22.8 Å². The van der Waals surface area contributed by atoms with E-state index < -0.39 is 17.7 Å². The number of rotatable bonds is 4.